The number of hydrogen-bond donors (Lipinski definition) is 2. The quantitative estimate of drug-likeness (QED) is 0.851. The highest BCUT2D eigenvalue weighted by atomic mass is 16.5. The maximum absolute atomic E-state index is 9.72. The first-order chi connectivity index (χ1) is 8.49. The molecule has 0 spiro atoms. The predicted molar refractivity (Wildman–Crippen MR) is 64.2 cm³/mol. The second-order valence-electron chi connectivity index (χ2n) is 5.37. The summed E-state index contributed by atoms with van der Waals surface area (Å²) in [5, 5.41) is 23.4. The van der Waals surface area contributed by atoms with Gasteiger partial charge in [0, 0.05) is 5.92 Å². The molecule has 1 unspecified atom stereocenters. The predicted octanol–water partition coefficient (Wildman–Crippen LogP) is 2.66. The van der Waals surface area contributed by atoms with Crippen molar-refractivity contribution >= 4 is 0 Å². The third kappa shape index (κ3) is 1.63. The maximum atomic E-state index is 9.72. The molecule has 3 rings (SSSR count). The molecule has 5 nitrogen and oxygen atoms in total. The zero-order valence-electron chi connectivity index (χ0n) is 10.2. The van der Waals surface area contributed by atoms with E-state index in [1.807, 2.05) is 0 Å². The average molecular weight is 246 g/mol. The molecular weight excluding hydrogens is 232 g/mol. The van der Waals surface area contributed by atoms with Crippen molar-refractivity contribution in [1.82, 2.24) is 10.1 Å². The number of nitrogens with zero attached hydrogens (tertiary/aromatic N) is 2. The van der Waals surface area contributed by atoms with Gasteiger partial charge in [0.2, 0.25) is 0 Å². The van der Waals surface area contributed by atoms with E-state index in [0.29, 0.717) is 11.7 Å². The van der Waals surface area contributed by atoms with Gasteiger partial charge in [-0.15, -0.1) is 0 Å². The van der Waals surface area contributed by atoms with E-state index in [1.165, 1.54) is 12.1 Å². The molecule has 0 amide bonds. The highest BCUT2D eigenvalue weighted by Crippen LogP contribution is 2.57. The van der Waals surface area contributed by atoms with Crippen molar-refractivity contribution in [2.24, 2.45) is 5.41 Å². The molecule has 18 heavy (non-hydrogen) atoms. The van der Waals surface area contributed by atoms with E-state index in [1.54, 1.807) is 6.07 Å². The van der Waals surface area contributed by atoms with Crippen molar-refractivity contribution in [2.45, 2.75) is 26.2 Å². The summed E-state index contributed by atoms with van der Waals surface area (Å²) >= 11 is 0. The van der Waals surface area contributed by atoms with Gasteiger partial charge in [0.05, 0.1) is 0 Å². The minimum Gasteiger partial charge on any atom is -0.507 e. The Hall–Kier alpha value is -2.04. The number of aromatic hydroxyl groups is 2. The molecule has 1 aliphatic rings. The van der Waals surface area contributed by atoms with Gasteiger partial charge in [-0.05, 0) is 24.0 Å². The van der Waals surface area contributed by atoms with Gasteiger partial charge < -0.3 is 14.7 Å². The molecule has 1 aliphatic carbocycles. The zero-order chi connectivity index (χ0) is 12.9. The summed E-state index contributed by atoms with van der Waals surface area (Å²) in [6, 6.07) is 4.50. The normalized spacial score (nSPS) is 20.9. The van der Waals surface area contributed by atoms with Crippen LogP contribution < -0.4 is 0 Å². The van der Waals surface area contributed by atoms with Crippen molar-refractivity contribution in [3.8, 4) is 23.0 Å². The van der Waals surface area contributed by atoms with Crippen LogP contribution in [0.1, 0.15) is 32.0 Å². The Balaban J connectivity index is 1.99. The number of phenolic OH excluding ortho intramolecular Hbond substituents is 2. The Bertz CT molecular complexity index is 584. The summed E-state index contributed by atoms with van der Waals surface area (Å²) in [5.74, 6) is 0.949. The number of aromatic nitrogens is 2. The zero-order valence-corrected chi connectivity index (χ0v) is 10.2. The molecule has 0 aliphatic heterocycles. The Morgan fingerprint density at radius 2 is 1.89 bits per heavy atom. The average Bonchev–Trinajstić information content (AvgIpc) is 2.74. The Labute approximate surface area is 104 Å². The van der Waals surface area contributed by atoms with Crippen molar-refractivity contribution in [1.29, 1.82) is 0 Å². The fourth-order valence-corrected chi connectivity index (χ4v) is 2.13. The third-order valence-electron chi connectivity index (χ3n) is 3.50. The first kappa shape index (κ1) is 11.1. The molecular formula is C13H14N2O3. The summed E-state index contributed by atoms with van der Waals surface area (Å²) < 4.78 is 5.13. The van der Waals surface area contributed by atoms with E-state index in [2.05, 4.69) is 24.0 Å². The van der Waals surface area contributed by atoms with Crippen LogP contribution in [0.2, 0.25) is 0 Å². The van der Waals surface area contributed by atoms with Crippen LogP contribution in [0.3, 0.4) is 0 Å². The van der Waals surface area contributed by atoms with Crippen LogP contribution >= 0.6 is 0 Å². The minimum atomic E-state index is -0.0692. The Kier molecular flexibility index (Phi) is 2.14. The van der Waals surface area contributed by atoms with Crippen molar-refractivity contribution in [3.05, 3.63) is 24.0 Å². The van der Waals surface area contributed by atoms with Gasteiger partial charge in [-0.3, -0.25) is 0 Å². The van der Waals surface area contributed by atoms with Gasteiger partial charge in [-0.2, -0.15) is 4.98 Å². The lowest BCUT2D eigenvalue weighted by Gasteiger charge is -2.01. The summed E-state index contributed by atoms with van der Waals surface area (Å²) in [6.07, 6.45) is 1.03. The lowest BCUT2D eigenvalue weighted by molar-refractivity contribution is 0.407. The first-order valence-electron chi connectivity index (χ1n) is 5.84. The van der Waals surface area contributed by atoms with Crippen LogP contribution in [-0.4, -0.2) is 20.4 Å². The summed E-state index contributed by atoms with van der Waals surface area (Å²) in [4.78, 5) is 4.26. The molecule has 2 aromatic rings. The van der Waals surface area contributed by atoms with Crippen LogP contribution in [0.4, 0.5) is 0 Å². The van der Waals surface area contributed by atoms with E-state index >= 15 is 0 Å². The van der Waals surface area contributed by atoms with Gasteiger partial charge in [0.25, 0.3) is 5.89 Å². The van der Waals surface area contributed by atoms with Gasteiger partial charge >= 0.3 is 0 Å². The molecule has 2 N–H and O–H groups in total. The molecule has 1 saturated carbocycles. The summed E-state index contributed by atoms with van der Waals surface area (Å²) in [5.41, 5.74) is 0.400. The molecule has 1 atom stereocenters. The molecule has 1 fully saturated rings. The molecule has 1 heterocycles. The van der Waals surface area contributed by atoms with Gasteiger partial charge in [-0.25, -0.2) is 0 Å². The van der Waals surface area contributed by atoms with Gasteiger partial charge in [0.15, 0.2) is 5.82 Å². The topological polar surface area (TPSA) is 79.4 Å². The second kappa shape index (κ2) is 3.48. The van der Waals surface area contributed by atoms with E-state index in [0.717, 1.165) is 6.42 Å². The summed E-state index contributed by atoms with van der Waals surface area (Å²) in [6.45, 7) is 4.29. The number of phenols is 2. The van der Waals surface area contributed by atoms with Crippen molar-refractivity contribution in [3.63, 3.8) is 0 Å². The molecule has 94 valence electrons. The Morgan fingerprint density at radius 1 is 1.28 bits per heavy atom. The fourth-order valence-electron chi connectivity index (χ4n) is 2.13. The largest absolute Gasteiger partial charge is 0.507 e. The standard InChI is InChI=1S/C13H14N2O3/c1-13(2)6-7(13)11-14-12(18-15-11)10-8(16)4-3-5-9(10)17/h3-5,7,16-17H,6H2,1-2H3. The molecule has 5 heteroatoms. The lowest BCUT2D eigenvalue weighted by Crippen LogP contribution is -1.91. The van der Waals surface area contributed by atoms with E-state index in [9.17, 15) is 10.2 Å². The van der Waals surface area contributed by atoms with E-state index < -0.39 is 0 Å². The van der Waals surface area contributed by atoms with Crippen LogP contribution in [0.5, 0.6) is 11.5 Å². The van der Waals surface area contributed by atoms with E-state index in [4.69, 9.17) is 4.52 Å². The van der Waals surface area contributed by atoms with Gasteiger partial charge in [-0.1, -0.05) is 25.1 Å². The SMILES string of the molecule is CC1(C)CC1c1noc(-c2c(O)cccc2O)n1. The van der Waals surface area contributed by atoms with Crippen LogP contribution in [-0.2, 0) is 0 Å². The molecule has 0 saturated heterocycles. The molecule has 1 aromatic heterocycles. The number of hydrogen-bond acceptors (Lipinski definition) is 5. The fraction of sp³-hybridized carbons (Fsp3) is 0.385. The van der Waals surface area contributed by atoms with Crippen LogP contribution in [0.25, 0.3) is 11.5 Å². The molecule has 0 bridgehead atoms. The van der Waals surface area contributed by atoms with Crippen LogP contribution in [0.15, 0.2) is 22.7 Å². The Morgan fingerprint density at radius 3 is 2.44 bits per heavy atom. The third-order valence-corrected chi connectivity index (χ3v) is 3.50. The van der Waals surface area contributed by atoms with Crippen LogP contribution in [0, 0.1) is 5.41 Å². The first-order valence-corrected chi connectivity index (χ1v) is 5.84. The highest BCUT2D eigenvalue weighted by Gasteiger charge is 2.49. The second-order valence-corrected chi connectivity index (χ2v) is 5.37. The molecule has 1 aromatic carbocycles. The monoisotopic (exact) mass is 246 g/mol. The minimum absolute atomic E-state index is 0.0692. The summed E-state index contributed by atoms with van der Waals surface area (Å²) in [7, 11) is 0. The highest BCUT2D eigenvalue weighted by molar-refractivity contribution is 5.69. The maximum Gasteiger partial charge on any atom is 0.265 e. The smallest absolute Gasteiger partial charge is 0.265 e. The molecule has 0 radical (unpaired) electrons. The van der Waals surface area contributed by atoms with Crippen molar-refractivity contribution in [2.75, 3.05) is 0 Å². The van der Waals surface area contributed by atoms with Gasteiger partial charge in [0.1, 0.15) is 17.1 Å². The van der Waals surface area contributed by atoms with Crippen molar-refractivity contribution < 1.29 is 14.7 Å². The van der Waals surface area contributed by atoms with E-state index in [-0.39, 0.29) is 28.4 Å². The number of benzene rings is 1. The number of rotatable bonds is 2. The lowest BCUT2D eigenvalue weighted by atomic mass is 10.1.